The van der Waals surface area contributed by atoms with E-state index in [0.717, 1.165) is 50.1 Å². The third-order valence-corrected chi connectivity index (χ3v) is 5.82. The molecule has 2 aliphatic heterocycles. The van der Waals surface area contributed by atoms with E-state index in [0.29, 0.717) is 11.9 Å². The van der Waals surface area contributed by atoms with Crippen LogP contribution in [0.25, 0.3) is 0 Å². The normalized spacial score (nSPS) is 22.0. The number of piperazine rings is 1. The van der Waals surface area contributed by atoms with Crippen molar-refractivity contribution >= 4 is 29.3 Å². The third kappa shape index (κ3) is 5.38. The molecule has 1 unspecified atom stereocenters. The lowest BCUT2D eigenvalue weighted by atomic mass is 10.2. The first kappa shape index (κ1) is 18.1. The molecule has 1 atom stereocenters. The van der Waals surface area contributed by atoms with E-state index in [2.05, 4.69) is 4.90 Å². The van der Waals surface area contributed by atoms with Crippen LogP contribution in [0.2, 0.25) is 5.02 Å². The van der Waals surface area contributed by atoms with E-state index >= 15 is 0 Å². The van der Waals surface area contributed by atoms with Crippen LogP contribution >= 0.6 is 23.4 Å². The van der Waals surface area contributed by atoms with E-state index < -0.39 is 0 Å². The Morgan fingerprint density at radius 3 is 2.83 bits per heavy atom. The predicted molar refractivity (Wildman–Crippen MR) is 99.6 cm³/mol. The van der Waals surface area contributed by atoms with Crippen LogP contribution in [-0.2, 0) is 15.3 Å². The van der Waals surface area contributed by atoms with Crippen LogP contribution in [0.15, 0.2) is 24.3 Å². The van der Waals surface area contributed by atoms with E-state index in [1.54, 1.807) is 11.8 Å². The van der Waals surface area contributed by atoms with Gasteiger partial charge in [-0.05, 0) is 30.5 Å². The minimum absolute atomic E-state index is 0.249. The van der Waals surface area contributed by atoms with Gasteiger partial charge in [-0.1, -0.05) is 23.7 Å². The molecule has 0 spiro atoms. The Balaban J connectivity index is 1.34. The van der Waals surface area contributed by atoms with Gasteiger partial charge >= 0.3 is 0 Å². The number of rotatable bonds is 6. The van der Waals surface area contributed by atoms with Crippen molar-refractivity contribution in [2.24, 2.45) is 0 Å². The van der Waals surface area contributed by atoms with Crippen LogP contribution in [0.3, 0.4) is 0 Å². The van der Waals surface area contributed by atoms with E-state index in [1.807, 2.05) is 29.2 Å². The summed E-state index contributed by atoms with van der Waals surface area (Å²) in [6, 6.07) is 7.83. The number of amides is 1. The van der Waals surface area contributed by atoms with Crippen molar-refractivity contribution in [3.05, 3.63) is 34.9 Å². The molecule has 4 nitrogen and oxygen atoms in total. The lowest BCUT2D eigenvalue weighted by molar-refractivity contribution is -0.130. The predicted octanol–water partition coefficient (Wildman–Crippen LogP) is 2.90. The average molecular weight is 369 g/mol. The fourth-order valence-corrected chi connectivity index (χ4v) is 4.32. The first-order valence-electron chi connectivity index (χ1n) is 8.64. The van der Waals surface area contributed by atoms with Crippen LogP contribution in [0.1, 0.15) is 18.4 Å². The van der Waals surface area contributed by atoms with Crippen molar-refractivity contribution in [3.63, 3.8) is 0 Å². The summed E-state index contributed by atoms with van der Waals surface area (Å²) >= 11 is 7.64. The largest absolute Gasteiger partial charge is 0.377 e. The maximum atomic E-state index is 12.3. The van der Waals surface area contributed by atoms with Crippen molar-refractivity contribution in [2.75, 3.05) is 45.1 Å². The molecule has 132 valence electrons. The Morgan fingerprint density at radius 1 is 1.29 bits per heavy atom. The highest BCUT2D eigenvalue weighted by atomic mass is 35.5. The third-order valence-electron chi connectivity index (χ3n) is 4.59. The molecule has 1 amide bonds. The molecule has 24 heavy (non-hydrogen) atoms. The zero-order valence-electron chi connectivity index (χ0n) is 14.0. The monoisotopic (exact) mass is 368 g/mol. The van der Waals surface area contributed by atoms with E-state index in [-0.39, 0.29) is 5.91 Å². The molecule has 0 aromatic heterocycles. The lowest BCUT2D eigenvalue weighted by Crippen LogP contribution is -2.50. The summed E-state index contributed by atoms with van der Waals surface area (Å²) < 4.78 is 5.70. The summed E-state index contributed by atoms with van der Waals surface area (Å²) in [5.41, 5.74) is 1.17. The number of nitrogens with zero attached hydrogens (tertiary/aromatic N) is 2. The number of thioether (sulfide) groups is 1. The molecule has 0 bridgehead atoms. The second kappa shape index (κ2) is 9.09. The highest BCUT2D eigenvalue weighted by Crippen LogP contribution is 2.18. The SMILES string of the molecule is O=C(CSCc1cccc(Cl)c1)N1CCN(CC2CCCO2)CC1. The summed E-state index contributed by atoms with van der Waals surface area (Å²) in [5, 5.41) is 0.752. The number of halogens is 1. The second-order valence-corrected chi connectivity index (χ2v) is 7.86. The number of ether oxygens (including phenoxy) is 1. The molecule has 6 heteroatoms. The topological polar surface area (TPSA) is 32.8 Å². The van der Waals surface area contributed by atoms with Gasteiger partial charge in [-0.25, -0.2) is 0 Å². The van der Waals surface area contributed by atoms with E-state index in [4.69, 9.17) is 16.3 Å². The molecule has 0 N–H and O–H groups in total. The van der Waals surface area contributed by atoms with Gasteiger partial charge in [0.25, 0.3) is 0 Å². The summed E-state index contributed by atoms with van der Waals surface area (Å²) in [7, 11) is 0. The van der Waals surface area contributed by atoms with Gasteiger partial charge in [-0.3, -0.25) is 9.69 Å². The summed E-state index contributed by atoms with van der Waals surface area (Å²) in [6.07, 6.45) is 2.77. The molecule has 1 aromatic carbocycles. The molecule has 2 fully saturated rings. The molecule has 1 aromatic rings. The number of benzene rings is 1. The van der Waals surface area contributed by atoms with Gasteiger partial charge in [0.2, 0.25) is 5.91 Å². The van der Waals surface area contributed by atoms with Gasteiger partial charge in [0.15, 0.2) is 0 Å². The first-order chi connectivity index (χ1) is 11.7. The number of hydrogen-bond acceptors (Lipinski definition) is 4. The Labute approximate surface area is 153 Å². The highest BCUT2D eigenvalue weighted by molar-refractivity contribution is 7.99. The number of carbonyl (C=O) groups excluding carboxylic acids is 1. The molecule has 0 radical (unpaired) electrons. The Morgan fingerprint density at radius 2 is 2.12 bits per heavy atom. The minimum atomic E-state index is 0.249. The van der Waals surface area contributed by atoms with Crippen LogP contribution in [0.5, 0.6) is 0 Å². The Bertz CT molecular complexity index is 544. The van der Waals surface area contributed by atoms with Crippen molar-refractivity contribution in [1.82, 2.24) is 9.80 Å². The van der Waals surface area contributed by atoms with Crippen LogP contribution < -0.4 is 0 Å². The maximum absolute atomic E-state index is 12.3. The molecule has 0 saturated carbocycles. The first-order valence-corrected chi connectivity index (χ1v) is 10.2. The summed E-state index contributed by atoms with van der Waals surface area (Å²) in [4.78, 5) is 16.8. The second-order valence-electron chi connectivity index (χ2n) is 6.44. The molecular weight excluding hydrogens is 344 g/mol. The molecule has 3 rings (SSSR count). The van der Waals surface area contributed by atoms with Crippen molar-refractivity contribution in [1.29, 1.82) is 0 Å². The zero-order chi connectivity index (χ0) is 16.8. The van der Waals surface area contributed by atoms with Crippen LogP contribution in [0, 0.1) is 0 Å². The fraction of sp³-hybridized carbons (Fsp3) is 0.611. The van der Waals surface area contributed by atoms with Gasteiger partial charge in [0.05, 0.1) is 11.9 Å². The molecule has 2 aliphatic rings. The Kier molecular flexibility index (Phi) is 6.84. The highest BCUT2D eigenvalue weighted by Gasteiger charge is 2.24. The molecule has 0 aliphatic carbocycles. The summed E-state index contributed by atoms with van der Waals surface area (Å²) in [6.45, 7) is 5.53. The quantitative estimate of drug-likeness (QED) is 0.773. The van der Waals surface area contributed by atoms with E-state index in [1.165, 1.54) is 18.4 Å². The van der Waals surface area contributed by atoms with Crippen LogP contribution in [-0.4, -0.2) is 66.9 Å². The average Bonchev–Trinajstić information content (AvgIpc) is 3.08. The van der Waals surface area contributed by atoms with Gasteiger partial charge < -0.3 is 9.64 Å². The number of carbonyl (C=O) groups is 1. The molecule has 2 heterocycles. The lowest BCUT2D eigenvalue weighted by Gasteiger charge is -2.35. The fourth-order valence-electron chi connectivity index (χ4n) is 3.23. The van der Waals surface area contributed by atoms with E-state index in [9.17, 15) is 4.79 Å². The van der Waals surface area contributed by atoms with Crippen LogP contribution in [0.4, 0.5) is 0 Å². The standard InChI is InChI=1S/C18H25ClN2O2S/c19-16-4-1-3-15(11-16)13-24-14-18(22)21-8-6-20(7-9-21)12-17-5-2-10-23-17/h1,3-4,11,17H,2,5-10,12-14H2. The molecule has 2 saturated heterocycles. The van der Waals surface area contributed by atoms with Gasteiger partial charge in [0, 0.05) is 50.1 Å². The minimum Gasteiger partial charge on any atom is -0.377 e. The van der Waals surface area contributed by atoms with Crippen molar-refractivity contribution in [2.45, 2.75) is 24.7 Å². The van der Waals surface area contributed by atoms with Gasteiger partial charge in [-0.2, -0.15) is 0 Å². The Hall–Kier alpha value is -0.750. The number of hydrogen-bond donors (Lipinski definition) is 0. The zero-order valence-corrected chi connectivity index (χ0v) is 15.5. The van der Waals surface area contributed by atoms with Crippen molar-refractivity contribution in [3.8, 4) is 0 Å². The van der Waals surface area contributed by atoms with Crippen molar-refractivity contribution < 1.29 is 9.53 Å². The smallest absolute Gasteiger partial charge is 0.232 e. The molecular formula is C18H25ClN2O2S. The maximum Gasteiger partial charge on any atom is 0.232 e. The summed E-state index contributed by atoms with van der Waals surface area (Å²) in [5.74, 6) is 1.61. The van der Waals surface area contributed by atoms with Gasteiger partial charge in [0.1, 0.15) is 0 Å². The van der Waals surface area contributed by atoms with Gasteiger partial charge in [-0.15, -0.1) is 11.8 Å².